The lowest BCUT2D eigenvalue weighted by molar-refractivity contribution is 0.215. The van der Waals surface area contributed by atoms with Crippen molar-refractivity contribution < 1.29 is 13.6 Å². The van der Waals surface area contributed by atoms with Gasteiger partial charge in [-0.15, -0.1) is 11.8 Å². The molecule has 3 nitrogen and oxygen atoms in total. The Morgan fingerprint density at radius 3 is 2.52 bits per heavy atom. The lowest BCUT2D eigenvalue weighted by Crippen LogP contribution is -2.24. The molecule has 0 saturated heterocycles. The van der Waals surface area contributed by atoms with Gasteiger partial charge in [0, 0.05) is 5.41 Å². The van der Waals surface area contributed by atoms with Crippen LogP contribution in [0.1, 0.15) is 53.9 Å². The minimum atomic E-state index is -3.16. The average Bonchev–Trinajstić information content (AvgIpc) is 2.38. The molecule has 122 valence electrons. The zero-order valence-electron chi connectivity index (χ0n) is 14.0. The van der Waals surface area contributed by atoms with Gasteiger partial charge in [0.05, 0.1) is 18.5 Å². The first-order valence-electron chi connectivity index (χ1n) is 7.73. The molecule has 1 rings (SSSR count). The van der Waals surface area contributed by atoms with E-state index in [2.05, 4.69) is 26.8 Å². The molecule has 0 amide bonds. The molecule has 1 aliphatic rings. The number of rotatable bonds is 8. The zero-order valence-corrected chi connectivity index (χ0v) is 15.7. The molecule has 0 fully saturated rings. The van der Waals surface area contributed by atoms with E-state index in [4.69, 9.17) is 9.05 Å². The second kappa shape index (κ2) is 8.57. The van der Waals surface area contributed by atoms with E-state index >= 15 is 0 Å². The van der Waals surface area contributed by atoms with Gasteiger partial charge in [0.25, 0.3) is 0 Å². The summed E-state index contributed by atoms with van der Waals surface area (Å²) in [5, 5.41) is 2.90. The molecule has 0 spiro atoms. The Morgan fingerprint density at radius 1 is 1.38 bits per heavy atom. The number of hydrogen-bond acceptors (Lipinski definition) is 4. The van der Waals surface area contributed by atoms with E-state index in [9.17, 15) is 4.57 Å². The van der Waals surface area contributed by atoms with Crippen LogP contribution in [-0.2, 0) is 13.6 Å². The monoisotopic (exact) mass is 332 g/mol. The summed E-state index contributed by atoms with van der Waals surface area (Å²) in [6.45, 7) is 11.0. The summed E-state index contributed by atoms with van der Waals surface area (Å²) in [5.74, 6) is 1.06. The van der Waals surface area contributed by atoms with Crippen molar-refractivity contribution in [2.24, 2.45) is 5.41 Å². The summed E-state index contributed by atoms with van der Waals surface area (Å²) < 4.78 is 24.3. The summed E-state index contributed by atoms with van der Waals surface area (Å²) >= 11 is 1.71. The van der Waals surface area contributed by atoms with Gasteiger partial charge >= 0.3 is 7.60 Å². The van der Waals surface area contributed by atoms with Crippen molar-refractivity contribution in [3.05, 3.63) is 22.4 Å². The van der Waals surface area contributed by atoms with E-state index in [1.54, 1.807) is 11.8 Å². The summed E-state index contributed by atoms with van der Waals surface area (Å²) in [6.07, 6.45) is 5.24. The third kappa shape index (κ3) is 5.28. The quantitative estimate of drug-likeness (QED) is 0.404. The molecule has 21 heavy (non-hydrogen) atoms. The standard InChI is InChI=1S/C16H29O3PS/c1-6-18-20(17,19-7-2)15-13-21-12-11-16(15,5)10-8-9-14(3)4/h9,13H,6-8,10-12H2,1-5H3. The van der Waals surface area contributed by atoms with Crippen LogP contribution in [0.2, 0.25) is 0 Å². The van der Waals surface area contributed by atoms with Crippen molar-refractivity contribution in [2.45, 2.75) is 53.9 Å². The molecular formula is C16H29O3PS. The highest BCUT2D eigenvalue weighted by molar-refractivity contribution is 8.02. The Labute approximate surface area is 134 Å². The van der Waals surface area contributed by atoms with E-state index in [0.717, 1.165) is 30.3 Å². The molecule has 0 aromatic heterocycles. The Hall–Kier alpha value is -0.0200. The van der Waals surface area contributed by atoms with Crippen molar-refractivity contribution in [1.29, 1.82) is 0 Å². The highest BCUT2D eigenvalue weighted by Crippen LogP contribution is 2.65. The van der Waals surface area contributed by atoms with E-state index in [1.807, 2.05) is 19.3 Å². The van der Waals surface area contributed by atoms with Crippen LogP contribution in [0.4, 0.5) is 0 Å². The van der Waals surface area contributed by atoms with Crippen LogP contribution >= 0.6 is 19.4 Å². The Kier molecular flexibility index (Phi) is 7.77. The molecule has 0 aromatic rings. The largest absolute Gasteiger partial charge is 0.358 e. The predicted molar refractivity (Wildman–Crippen MR) is 92.8 cm³/mol. The SMILES string of the molecule is CCOP(=O)(OCC)C1=CSCCC1(C)CCC=C(C)C. The van der Waals surface area contributed by atoms with Crippen molar-refractivity contribution in [3.8, 4) is 0 Å². The Balaban J connectivity index is 3.01. The van der Waals surface area contributed by atoms with E-state index in [-0.39, 0.29) is 5.41 Å². The van der Waals surface area contributed by atoms with Gasteiger partial charge in [0.2, 0.25) is 0 Å². The first-order chi connectivity index (χ1) is 9.88. The number of allylic oxidation sites excluding steroid dienone is 3. The van der Waals surface area contributed by atoms with Crippen LogP contribution in [0.5, 0.6) is 0 Å². The topological polar surface area (TPSA) is 35.5 Å². The maximum Gasteiger partial charge on any atom is 0.358 e. The first-order valence-corrected chi connectivity index (χ1v) is 10.3. The van der Waals surface area contributed by atoms with Gasteiger partial charge in [-0.25, -0.2) is 0 Å². The van der Waals surface area contributed by atoms with Crippen molar-refractivity contribution >= 4 is 19.4 Å². The maximum absolute atomic E-state index is 13.1. The van der Waals surface area contributed by atoms with Gasteiger partial charge in [-0.3, -0.25) is 4.57 Å². The fraction of sp³-hybridized carbons (Fsp3) is 0.750. The maximum atomic E-state index is 13.1. The molecule has 1 heterocycles. The van der Waals surface area contributed by atoms with Crippen LogP contribution in [0, 0.1) is 5.41 Å². The third-order valence-electron chi connectivity index (χ3n) is 3.73. The average molecular weight is 332 g/mol. The molecule has 0 radical (unpaired) electrons. The minimum absolute atomic E-state index is 0.100. The highest BCUT2D eigenvalue weighted by Gasteiger charge is 2.43. The molecule has 1 unspecified atom stereocenters. The third-order valence-corrected chi connectivity index (χ3v) is 7.20. The normalized spacial score (nSPS) is 22.8. The predicted octanol–water partition coefficient (Wildman–Crippen LogP) is 5.98. The van der Waals surface area contributed by atoms with Crippen LogP contribution in [0.3, 0.4) is 0 Å². The smallest absolute Gasteiger partial charge is 0.306 e. The Morgan fingerprint density at radius 2 is 2.00 bits per heavy atom. The van der Waals surface area contributed by atoms with Gasteiger partial charge in [-0.1, -0.05) is 18.6 Å². The summed E-state index contributed by atoms with van der Waals surface area (Å²) in [7, 11) is -3.16. The van der Waals surface area contributed by atoms with Crippen molar-refractivity contribution in [1.82, 2.24) is 0 Å². The second-order valence-electron chi connectivity index (χ2n) is 5.84. The van der Waals surface area contributed by atoms with Crippen LogP contribution < -0.4 is 0 Å². The fourth-order valence-electron chi connectivity index (χ4n) is 2.54. The van der Waals surface area contributed by atoms with Gasteiger partial charge in [-0.05, 0) is 58.1 Å². The van der Waals surface area contributed by atoms with Crippen molar-refractivity contribution in [3.63, 3.8) is 0 Å². The molecule has 0 aliphatic carbocycles. The lowest BCUT2D eigenvalue weighted by atomic mass is 9.82. The van der Waals surface area contributed by atoms with Crippen molar-refractivity contribution in [2.75, 3.05) is 19.0 Å². The van der Waals surface area contributed by atoms with E-state index in [1.165, 1.54) is 5.57 Å². The van der Waals surface area contributed by atoms with Crippen LogP contribution in [-0.4, -0.2) is 19.0 Å². The molecule has 1 aliphatic heterocycles. The summed E-state index contributed by atoms with van der Waals surface area (Å²) in [4.78, 5) is 0. The van der Waals surface area contributed by atoms with E-state index < -0.39 is 7.60 Å². The molecule has 0 saturated carbocycles. The van der Waals surface area contributed by atoms with Gasteiger partial charge in [0.1, 0.15) is 0 Å². The Bertz CT molecular complexity index is 431. The summed E-state index contributed by atoms with van der Waals surface area (Å²) in [6, 6.07) is 0. The molecule has 0 aromatic carbocycles. The van der Waals surface area contributed by atoms with Crippen LogP contribution in [0.15, 0.2) is 22.4 Å². The van der Waals surface area contributed by atoms with Crippen LogP contribution in [0.25, 0.3) is 0 Å². The van der Waals surface area contributed by atoms with E-state index in [0.29, 0.717) is 13.2 Å². The molecule has 0 N–H and O–H groups in total. The van der Waals surface area contributed by atoms with Gasteiger partial charge in [0.15, 0.2) is 0 Å². The van der Waals surface area contributed by atoms with Gasteiger partial charge in [-0.2, -0.15) is 0 Å². The lowest BCUT2D eigenvalue weighted by Gasteiger charge is -2.37. The fourth-order valence-corrected chi connectivity index (χ4v) is 6.32. The second-order valence-corrected chi connectivity index (χ2v) is 8.81. The highest BCUT2D eigenvalue weighted by atomic mass is 32.2. The van der Waals surface area contributed by atoms with Gasteiger partial charge < -0.3 is 9.05 Å². The first kappa shape index (κ1) is 19.0. The molecular weight excluding hydrogens is 303 g/mol. The molecule has 0 bridgehead atoms. The number of hydrogen-bond donors (Lipinski definition) is 0. The molecule has 1 atom stereocenters. The zero-order chi connectivity index (χ0) is 15.9. The minimum Gasteiger partial charge on any atom is -0.306 e. The molecule has 5 heteroatoms. The number of thioether (sulfide) groups is 1. The summed E-state index contributed by atoms with van der Waals surface area (Å²) in [5.41, 5.74) is 1.23.